The number of para-hydroxylation sites is 1. The number of anilines is 1. The molecule has 5 nitrogen and oxygen atoms in total. The highest BCUT2D eigenvalue weighted by Gasteiger charge is 2.27. The number of hydrogen-bond acceptors (Lipinski definition) is 3. The molecule has 0 heterocycles. The van der Waals surface area contributed by atoms with Gasteiger partial charge in [-0.2, -0.15) is 0 Å². The van der Waals surface area contributed by atoms with E-state index in [9.17, 15) is 9.59 Å². The van der Waals surface area contributed by atoms with Crippen molar-refractivity contribution in [2.45, 2.75) is 46.2 Å². The standard InChI is InChI=1S/C19H30ClN3O2/c1-13(2)12-16(18(24)22-15-8-6-5-7-9-15)23-19(25)17(14(3)4)21-11-10-20/h5-9,13-14,16-17,21H,10-12H2,1-4H3,(H,22,24)(H,23,25)/t16-,17-/m0/s1. The molecular formula is C19H30ClN3O2. The Labute approximate surface area is 155 Å². The van der Waals surface area contributed by atoms with E-state index in [1.165, 1.54) is 0 Å². The van der Waals surface area contributed by atoms with Crippen molar-refractivity contribution in [3.8, 4) is 0 Å². The van der Waals surface area contributed by atoms with Gasteiger partial charge in [0.1, 0.15) is 6.04 Å². The number of nitrogens with one attached hydrogen (secondary N) is 3. The first-order valence-corrected chi connectivity index (χ1v) is 9.34. The van der Waals surface area contributed by atoms with Gasteiger partial charge in [0, 0.05) is 18.1 Å². The van der Waals surface area contributed by atoms with Crippen molar-refractivity contribution in [2.24, 2.45) is 11.8 Å². The van der Waals surface area contributed by atoms with Gasteiger partial charge in [0.2, 0.25) is 11.8 Å². The predicted octanol–water partition coefficient (Wildman–Crippen LogP) is 3.01. The molecule has 0 fully saturated rings. The van der Waals surface area contributed by atoms with Crippen LogP contribution in [0.3, 0.4) is 0 Å². The van der Waals surface area contributed by atoms with Gasteiger partial charge in [-0.3, -0.25) is 9.59 Å². The van der Waals surface area contributed by atoms with Gasteiger partial charge in [-0.25, -0.2) is 0 Å². The molecule has 2 atom stereocenters. The van der Waals surface area contributed by atoms with Gasteiger partial charge in [0.05, 0.1) is 6.04 Å². The fourth-order valence-corrected chi connectivity index (χ4v) is 2.67. The zero-order chi connectivity index (χ0) is 18.8. The minimum atomic E-state index is -0.577. The highest BCUT2D eigenvalue weighted by molar-refractivity contribution is 6.18. The summed E-state index contributed by atoms with van der Waals surface area (Å²) in [5.41, 5.74) is 0.719. The highest BCUT2D eigenvalue weighted by atomic mass is 35.5. The molecule has 1 rings (SSSR count). The van der Waals surface area contributed by atoms with Gasteiger partial charge in [-0.15, -0.1) is 11.6 Å². The molecule has 6 heteroatoms. The van der Waals surface area contributed by atoms with Crippen LogP contribution in [0.1, 0.15) is 34.1 Å². The number of carbonyl (C=O) groups is 2. The summed E-state index contributed by atoms with van der Waals surface area (Å²) in [5, 5.41) is 8.91. The monoisotopic (exact) mass is 367 g/mol. The summed E-state index contributed by atoms with van der Waals surface area (Å²) in [7, 11) is 0. The van der Waals surface area contributed by atoms with E-state index in [1.54, 1.807) is 0 Å². The molecular weight excluding hydrogens is 338 g/mol. The lowest BCUT2D eigenvalue weighted by Gasteiger charge is -2.26. The first kappa shape index (κ1) is 21.5. The Morgan fingerprint density at radius 2 is 1.68 bits per heavy atom. The number of carbonyl (C=O) groups excluding carboxylic acids is 2. The third-order valence-corrected chi connectivity index (χ3v) is 3.98. The first-order valence-electron chi connectivity index (χ1n) is 8.80. The smallest absolute Gasteiger partial charge is 0.246 e. The molecule has 0 saturated heterocycles. The van der Waals surface area contributed by atoms with Crippen LogP contribution >= 0.6 is 11.6 Å². The van der Waals surface area contributed by atoms with Crippen LogP contribution < -0.4 is 16.0 Å². The summed E-state index contributed by atoms with van der Waals surface area (Å²) in [5.74, 6) is 0.433. The lowest BCUT2D eigenvalue weighted by atomic mass is 10.00. The Hall–Kier alpha value is -1.59. The largest absolute Gasteiger partial charge is 0.343 e. The summed E-state index contributed by atoms with van der Waals surface area (Å²) >= 11 is 5.71. The van der Waals surface area contributed by atoms with Crippen molar-refractivity contribution in [3.63, 3.8) is 0 Å². The number of rotatable bonds is 10. The van der Waals surface area contributed by atoms with E-state index in [1.807, 2.05) is 58.0 Å². The van der Waals surface area contributed by atoms with Crippen LogP contribution in [0, 0.1) is 11.8 Å². The molecule has 1 aromatic carbocycles. The van der Waals surface area contributed by atoms with Gasteiger partial charge < -0.3 is 16.0 Å². The Morgan fingerprint density at radius 1 is 1.04 bits per heavy atom. The van der Waals surface area contributed by atoms with Gasteiger partial charge in [0.25, 0.3) is 0 Å². The van der Waals surface area contributed by atoms with E-state index >= 15 is 0 Å². The molecule has 0 unspecified atom stereocenters. The maximum atomic E-state index is 12.6. The maximum Gasteiger partial charge on any atom is 0.246 e. The lowest BCUT2D eigenvalue weighted by molar-refractivity contribution is -0.129. The molecule has 0 radical (unpaired) electrons. The minimum Gasteiger partial charge on any atom is -0.343 e. The van der Waals surface area contributed by atoms with E-state index in [4.69, 9.17) is 11.6 Å². The molecule has 25 heavy (non-hydrogen) atoms. The topological polar surface area (TPSA) is 70.2 Å². The van der Waals surface area contributed by atoms with Crippen molar-refractivity contribution < 1.29 is 9.59 Å². The molecule has 3 N–H and O–H groups in total. The van der Waals surface area contributed by atoms with Crippen molar-refractivity contribution >= 4 is 29.1 Å². The summed E-state index contributed by atoms with van der Waals surface area (Å²) < 4.78 is 0. The quantitative estimate of drug-likeness (QED) is 0.557. The molecule has 0 aliphatic rings. The molecule has 0 aliphatic carbocycles. The van der Waals surface area contributed by atoms with Crippen molar-refractivity contribution in [1.82, 2.24) is 10.6 Å². The summed E-state index contributed by atoms with van der Waals surface area (Å²) in [6, 6.07) is 8.30. The van der Waals surface area contributed by atoms with Crippen LogP contribution in [0.15, 0.2) is 30.3 Å². The molecule has 1 aromatic rings. The zero-order valence-electron chi connectivity index (χ0n) is 15.5. The van der Waals surface area contributed by atoms with Crippen LogP contribution in [0.2, 0.25) is 0 Å². The molecule has 0 saturated carbocycles. The molecule has 140 valence electrons. The molecule has 0 bridgehead atoms. The Bertz CT molecular complexity index is 535. The molecule has 0 aromatic heterocycles. The van der Waals surface area contributed by atoms with Gasteiger partial charge in [-0.1, -0.05) is 45.9 Å². The minimum absolute atomic E-state index is 0.0973. The third kappa shape index (κ3) is 7.88. The summed E-state index contributed by atoms with van der Waals surface area (Å²) in [6.45, 7) is 8.53. The van der Waals surface area contributed by atoms with Crippen molar-refractivity contribution in [1.29, 1.82) is 0 Å². The fraction of sp³-hybridized carbons (Fsp3) is 0.579. The van der Waals surface area contributed by atoms with Gasteiger partial charge in [-0.05, 0) is 30.4 Å². The van der Waals surface area contributed by atoms with E-state index < -0.39 is 6.04 Å². The number of hydrogen-bond donors (Lipinski definition) is 3. The van der Waals surface area contributed by atoms with Crippen LogP contribution in [0.4, 0.5) is 5.69 Å². The van der Waals surface area contributed by atoms with Crippen molar-refractivity contribution in [3.05, 3.63) is 30.3 Å². The van der Waals surface area contributed by atoms with E-state index in [0.29, 0.717) is 18.8 Å². The Morgan fingerprint density at radius 3 is 2.20 bits per heavy atom. The van der Waals surface area contributed by atoms with Crippen molar-refractivity contribution in [2.75, 3.05) is 17.7 Å². The lowest BCUT2D eigenvalue weighted by Crippen LogP contribution is -2.53. The predicted molar refractivity (Wildman–Crippen MR) is 104 cm³/mol. The fourth-order valence-electron chi connectivity index (χ4n) is 2.56. The van der Waals surface area contributed by atoms with E-state index in [-0.39, 0.29) is 29.7 Å². The SMILES string of the molecule is CC(C)C[C@H](NC(=O)[C@@H](NCCCl)C(C)C)C(=O)Nc1ccccc1. The Balaban J connectivity index is 2.79. The molecule has 2 amide bonds. The van der Waals surface area contributed by atoms with Crippen LogP contribution in [0.25, 0.3) is 0 Å². The Kier molecular flexibility index (Phi) is 9.53. The maximum absolute atomic E-state index is 12.6. The normalized spacial score (nSPS) is 13.6. The second-order valence-corrected chi connectivity index (χ2v) is 7.29. The molecule has 0 aliphatic heterocycles. The van der Waals surface area contributed by atoms with E-state index in [0.717, 1.165) is 5.69 Å². The highest BCUT2D eigenvalue weighted by Crippen LogP contribution is 2.11. The van der Waals surface area contributed by atoms with Gasteiger partial charge >= 0.3 is 0 Å². The molecule has 0 spiro atoms. The average molecular weight is 368 g/mol. The summed E-state index contributed by atoms with van der Waals surface area (Å²) in [4.78, 5) is 25.3. The number of halogens is 1. The average Bonchev–Trinajstić information content (AvgIpc) is 2.54. The second kappa shape index (κ2) is 11.1. The first-order chi connectivity index (χ1) is 11.8. The van der Waals surface area contributed by atoms with E-state index in [2.05, 4.69) is 16.0 Å². The second-order valence-electron chi connectivity index (χ2n) is 6.91. The van der Waals surface area contributed by atoms with Crippen LogP contribution in [-0.4, -0.2) is 36.3 Å². The number of amides is 2. The van der Waals surface area contributed by atoms with Crippen LogP contribution in [-0.2, 0) is 9.59 Å². The number of alkyl halides is 1. The third-order valence-electron chi connectivity index (χ3n) is 3.79. The van der Waals surface area contributed by atoms with Gasteiger partial charge in [0.15, 0.2) is 0 Å². The zero-order valence-corrected chi connectivity index (χ0v) is 16.3. The van der Waals surface area contributed by atoms with Crippen LogP contribution in [0.5, 0.6) is 0 Å². The summed E-state index contributed by atoms with van der Waals surface area (Å²) in [6.07, 6.45) is 0.574. The number of benzene rings is 1.